The second-order valence-corrected chi connectivity index (χ2v) is 20.9. The Kier molecular flexibility index (Phi) is 18.6. The van der Waals surface area contributed by atoms with Gasteiger partial charge < -0.3 is 23.7 Å². The number of nitrogens with zero attached hydrogens (tertiary/aromatic N) is 3. The zero-order valence-corrected chi connectivity index (χ0v) is 39.2. The van der Waals surface area contributed by atoms with Crippen molar-refractivity contribution in [3.05, 3.63) is 35.4 Å². The van der Waals surface area contributed by atoms with Gasteiger partial charge in [-0.25, -0.2) is 0 Å². The van der Waals surface area contributed by atoms with Crippen molar-refractivity contribution < 1.29 is 47.7 Å². The molecule has 1 fully saturated rings. The summed E-state index contributed by atoms with van der Waals surface area (Å²) in [5, 5.41) is 0. The number of rotatable bonds is 17. The monoisotopic (exact) mass is 832 g/mol. The van der Waals surface area contributed by atoms with E-state index in [9.17, 15) is 24.0 Å². The van der Waals surface area contributed by atoms with Crippen LogP contribution in [0.4, 0.5) is 0 Å². The molecule has 0 bridgehead atoms. The Morgan fingerprint density at radius 3 is 1.15 bits per heavy atom. The molecule has 59 heavy (non-hydrogen) atoms. The van der Waals surface area contributed by atoms with Crippen LogP contribution in [0.25, 0.3) is 0 Å². The molecule has 2 rings (SSSR count). The standard InChI is InChI=1S/C46H77N3O10/c1-32-21-23-33(24-22-32)25-34(47(27-37(50)55-42(2,3)4)28-38(51)56-43(5,6)7)26-48(29-39(52)57-44(8,9)10)35-19-17-18-20-36(35)49(30-40(53)58-45(11,12)13)31-41(54)59-46(14,15)16/h21-24,34-36H,17-20,25-31H2,1-16H3/t34-,35+,36+/m1/s1. The minimum Gasteiger partial charge on any atom is -0.459 e. The lowest BCUT2D eigenvalue weighted by atomic mass is 9.87. The fourth-order valence-electron chi connectivity index (χ4n) is 7.14. The van der Waals surface area contributed by atoms with Gasteiger partial charge in [0.05, 0.1) is 32.7 Å². The van der Waals surface area contributed by atoms with Crippen LogP contribution in [0.15, 0.2) is 24.3 Å². The summed E-state index contributed by atoms with van der Waals surface area (Å²) < 4.78 is 29.0. The fourth-order valence-corrected chi connectivity index (χ4v) is 7.14. The molecule has 1 aliphatic carbocycles. The Hall–Kier alpha value is -3.55. The van der Waals surface area contributed by atoms with Crippen molar-refractivity contribution in [2.45, 2.75) is 189 Å². The van der Waals surface area contributed by atoms with Crippen LogP contribution in [0, 0.1) is 6.92 Å². The van der Waals surface area contributed by atoms with Crippen molar-refractivity contribution in [3.8, 4) is 0 Å². The van der Waals surface area contributed by atoms with Gasteiger partial charge in [-0.3, -0.25) is 38.7 Å². The third-order valence-corrected chi connectivity index (χ3v) is 8.95. The van der Waals surface area contributed by atoms with E-state index in [0.29, 0.717) is 19.3 Å². The minimum absolute atomic E-state index is 0.123. The first-order chi connectivity index (χ1) is 26.8. The molecule has 1 saturated carbocycles. The molecule has 1 aromatic rings. The summed E-state index contributed by atoms with van der Waals surface area (Å²) >= 11 is 0. The maximum absolute atomic E-state index is 13.9. The predicted octanol–water partition coefficient (Wildman–Crippen LogP) is 6.83. The largest absolute Gasteiger partial charge is 0.459 e. The van der Waals surface area contributed by atoms with E-state index in [2.05, 4.69) is 0 Å². The molecule has 1 aromatic carbocycles. The highest BCUT2D eigenvalue weighted by molar-refractivity contribution is 5.76. The van der Waals surface area contributed by atoms with Gasteiger partial charge in [0.2, 0.25) is 0 Å². The Balaban J connectivity index is 2.80. The average molecular weight is 832 g/mol. The van der Waals surface area contributed by atoms with Crippen molar-refractivity contribution in [1.82, 2.24) is 14.7 Å². The van der Waals surface area contributed by atoms with Crippen LogP contribution in [-0.4, -0.2) is 130 Å². The van der Waals surface area contributed by atoms with Crippen molar-refractivity contribution in [2.24, 2.45) is 0 Å². The van der Waals surface area contributed by atoms with Crippen LogP contribution in [0.2, 0.25) is 0 Å². The Morgan fingerprint density at radius 1 is 0.508 bits per heavy atom. The second kappa shape index (κ2) is 21.3. The number of hydrogen-bond donors (Lipinski definition) is 0. The quantitative estimate of drug-likeness (QED) is 0.120. The number of carbonyl (C=O) groups is 5. The van der Waals surface area contributed by atoms with Crippen molar-refractivity contribution in [3.63, 3.8) is 0 Å². The lowest BCUT2D eigenvalue weighted by molar-refractivity contribution is -0.164. The van der Waals surface area contributed by atoms with Crippen LogP contribution >= 0.6 is 0 Å². The van der Waals surface area contributed by atoms with E-state index in [1.54, 1.807) is 88.0 Å². The zero-order chi connectivity index (χ0) is 45.1. The van der Waals surface area contributed by atoms with Crippen LogP contribution in [0.5, 0.6) is 0 Å². The first-order valence-electron chi connectivity index (χ1n) is 21.1. The molecule has 0 spiro atoms. The molecule has 0 aliphatic heterocycles. The van der Waals surface area contributed by atoms with E-state index >= 15 is 0 Å². The molecule has 0 radical (unpaired) electrons. The van der Waals surface area contributed by atoms with Crippen LogP contribution in [-0.2, 0) is 54.1 Å². The first kappa shape index (κ1) is 51.6. The van der Waals surface area contributed by atoms with Crippen molar-refractivity contribution >= 4 is 29.8 Å². The van der Waals surface area contributed by atoms with Gasteiger partial charge >= 0.3 is 29.8 Å². The van der Waals surface area contributed by atoms with E-state index in [-0.39, 0.29) is 51.4 Å². The minimum atomic E-state index is -0.773. The highest BCUT2D eigenvalue weighted by atomic mass is 16.6. The lowest BCUT2D eigenvalue weighted by Crippen LogP contribution is -2.60. The zero-order valence-electron chi connectivity index (χ0n) is 39.2. The highest BCUT2D eigenvalue weighted by Gasteiger charge is 2.40. The summed E-state index contributed by atoms with van der Waals surface area (Å²) in [5.74, 6) is -2.44. The molecular formula is C46H77N3O10. The molecule has 0 saturated heterocycles. The van der Waals surface area contributed by atoms with Crippen LogP contribution in [0.1, 0.15) is 141 Å². The molecule has 3 atom stereocenters. The van der Waals surface area contributed by atoms with E-state index in [1.165, 1.54) is 0 Å². The first-order valence-corrected chi connectivity index (χ1v) is 21.1. The summed E-state index contributed by atoms with van der Waals surface area (Å²) in [6.45, 7) is 28.3. The number of ether oxygens (including phenoxy) is 5. The van der Waals surface area contributed by atoms with Gasteiger partial charge in [0.15, 0.2) is 0 Å². The van der Waals surface area contributed by atoms with Gasteiger partial charge in [0.25, 0.3) is 0 Å². The molecule has 0 unspecified atom stereocenters. The molecule has 13 heteroatoms. The van der Waals surface area contributed by atoms with E-state index in [1.807, 2.05) is 61.8 Å². The third kappa shape index (κ3) is 22.0. The number of aryl methyl sites for hydroxylation is 1. The number of carbonyl (C=O) groups excluding carboxylic acids is 5. The van der Waals surface area contributed by atoms with Gasteiger partial charge in [0, 0.05) is 24.7 Å². The average Bonchev–Trinajstić information content (AvgIpc) is 3.00. The summed E-state index contributed by atoms with van der Waals surface area (Å²) in [6, 6.07) is 6.81. The number of benzene rings is 1. The van der Waals surface area contributed by atoms with Gasteiger partial charge in [-0.1, -0.05) is 42.7 Å². The molecule has 336 valence electrons. The Labute approximate surface area is 355 Å². The van der Waals surface area contributed by atoms with Crippen LogP contribution in [0.3, 0.4) is 0 Å². The molecule has 0 amide bonds. The molecule has 0 heterocycles. The van der Waals surface area contributed by atoms with Crippen LogP contribution < -0.4 is 0 Å². The topological polar surface area (TPSA) is 141 Å². The van der Waals surface area contributed by atoms with E-state index in [0.717, 1.165) is 24.0 Å². The molecular weight excluding hydrogens is 755 g/mol. The van der Waals surface area contributed by atoms with Crippen molar-refractivity contribution in [2.75, 3.05) is 39.3 Å². The maximum Gasteiger partial charge on any atom is 0.320 e. The molecule has 13 nitrogen and oxygen atoms in total. The maximum atomic E-state index is 13.9. The Morgan fingerprint density at radius 2 is 0.814 bits per heavy atom. The van der Waals surface area contributed by atoms with Gasteiger partial charge in [-0.2, -0.15) is 0 Å². The normalized spacial score (nSPS) is 17.4. The Bertz CT molecular complexity index is 1480. The van der Waals surface area contributed by atoms with Crippen molar-refractivity contribution in [1.29, 1.82) is 0 Å². The lowest BCUT2D eigenvalue weighted by Gasteiger charge is -2.46. The van der Waals surface area contributed by atoms with Gasteiger partial charge in [-0.05, 0) is 136 Å². The van der Waals surface area contributed by atoms with Gasteiger partial charge in [0.1, 0.15) is 28.0 Å². The van der Waals surface area contributed by atoms with E-state index < -0.39 is 63.9 Å². The molecule has 1 aliphatic rings. The predicted molar refractivity (Wildman–Crippen MR) is 229 cm³/mol. The molecule has 0 aromatic heterocycles. The number of hydrogen-bond acceptors (Lipinski definition) is 13. The summed E-state index contributed by atoms with van der Waals surface area (Å²) in [5.41, 5.74) is -1.77. The highest BCUT2D eigenvalue weighted by Crippen LogP contribution is 2.30. The summed E-state index contributed by atoms with van der Waals surface area (Å²) in [6.07, 6.45) is 3.34. The van der Waals surface area contributed by atoms with E-state index in [4.69, 9.17) is 23.7 Å². The third-order valence-electron chi connectivity index (χ3n) is 8.95. The second-order valence-electron chi connectivity index (χ2n) is 20.9. The fraction of sp³-hybridized carbons (Fsp3) is 0.761. The van der Waals surface area contributed by atoms with Gasteiger partial charge in [-0.15, -0.1) is 0 Å². The molecule has 0 N–H and O–H groups in total. The summed E-state index contributed by atoms with van der Waals surface area (Å²) in [7, 11) is 0. The number of esters is 5. The smallest absolute Gasteiger partial charge is 0.320 e. The SMILES string of the molecule is Cc1ccc(C[C@H](CN(CC(=O)OC(C)(C)C)[C@H]2CCCC[C@@H]2N(CC(=O)OC(C)(C)C)CC(=O)OC(C)(C)C)N(CC(=O)OC(C)(C)C)CC(=O)OC(C)(C)C)cc1. The summed E-state index contributed by atoms with van der Waals surface area (Å²) in [4.78, 5) is 73.7.